The molecule has 1 atom stereocenters. The molecule has 0 saturated heterocycles. The van der Waals surface area contributed by atoms with Crippen LogP contribution in [-0.4, -0.2) is 27.4 Å². The topological polar surface area (TPSA) is 71.7 Å². The highest BCUT2D eigenvalue weighted by molar-refractivity contribution is 5.92. The number of phenolic OH excluding ortho intramolecular Hbond substituents is 1. The summed E-state index contributed by atoms with van der Waals surface area (Å²) in [5.41, 5.74) is 1.01. The van der Waals surface area contributed by atoms with Crippen molar-refractivity contribution in [3.05, 3.63) is 30.0 Å². The second-order valence-electron chi connectivity index (χ2n) is 4.02. The van der Waals surface area contributed by atoms with Crippen LogP contribution in [-0.2, 0) is 16.6 Å². The van der Waals surface area contributed by atoms with Crippen LogP contribution in [0.5, 0.6) is 5.75 Å². The fraction of sp³-hybridized carbons (Fsp3) is 0.308. The van der Waals surface area contributed by atoms with E-state index in [0.29, 0.717) is 16.5 Å². The lowest BCUT2D eigenvalue weighted by Crippen LogP contribution is -2.15. The van der Waals surface area contributed by atoms with E-state index in [1.807, 2.05) is 0 Å². The Morgan fingerprint density at radius 3 is 2.89 bits per heavy atom. The van der Waals surface area contributed by atoms with Crippen LogP contribution in [0.4, 0.5) is 0 Å². The third-order valence-corrected chi connectivity index (χ3v) is 2.82. The van der Waals surface area contributed by atoms with E-state index in [1.54, 1.807) is 42.9 Å². The smallest absolute Gasteiger partial charge is 0.339 e. The van der Waals surface area contributed by atoms with Gasteiger partial charge in [-0.15, -0.1) is 0 Å². The van der Waals surface area contributed by atoms with Gasteiger partial charge in [0.25, 0.3) is 0 Å². The predicted molar refractivity (Wildman–Crippen MR) is 66.2 cm³/mol. The lowest BCUT2D eigenvalue weighted by atomic mass is 10.1. The van der Waals surface area contributed by atoms with Crippen LogP contribution < -0.4 is 0 Å². The first-order chi connectivity index (χ1) is 8.56. The molecular weight excluding hydrogens is 234 g/mol. The monoisotopic (exact) mass is 249 g/mol. The van der Waals surface area contributed by atoms with Crippen LogP contribution in [0.2, 0.25) is 0 Å². The van der Waals surface area contributed by atoms with Crippen molar-refractivity contribution in [1.29, 1.82) is 0 Å². The highest BCUT2D eigenvalue weighted by Crippen LogP contribution is 2.31. The maximum Gasteiger partial charge on any atom is 0.339 e. The Hall–Kier alpha value is -2.01. The van der Waals surface area contributed by atoms with E-state index in [9.17, 15) is 15.0 Å². The molecule has 1 aromatic carbocycles. The molecular formula is C13H15NO4. The van der Waals surface area contributed by atoms with E-state index in [4.69, 9.17) is 4.74 Å². The zero-order chi connectivity index (χ0) is 13.3. The summed E-state index contributed by atoms with van der Waals surface area (Å²) >= 11 is 0. The third-order valence-electron chi connectivity index (χ3n) is 2.82. The zero-order valence-corrected chi connectivity index (χ0v) is 10.3. The normalized spacial score (nSPS) is 12.6. The molecule has 0 amide bonds. The number of carbonyl (C=O) groups excluding carboxylic acids is 1. The molecule has 18 heavy (non-hydrogen) atoms. The quantitative estimate of drug-likeness (QED) is 0.808. The number of hydrogen-bond acceptors (Lipinski definition) is 4. The standard InChI is InChI=1S/C13H15NO4/c1-3-18-13(17)12(16)9-7-14(2)11-8(9)5-4-6-10(11)15/h4-7,12,15-16H,3H2,1-2H3. The van der Waals surface area contributed by atoms with Crippen molar-refractivity contribution >= 4 is 16.9 Å². The highest BCUT2D eigenvalue weighted by Gasteiger charge is 2.23. The lowest BCUT2D eigenvalue weighted by Gasteiger charge is -2.08. The van der Waals surface area contributed by atoms with Crippen molar-refractivity contribution in [1.82, 2.24) is 4.57 Å². The van der Waals surface area contributed by atoms with Gasteiger partial charge in [-0.3, -0.25) is 0 Å². The maximum atomic E-state index is 11.5. The number of phenols is 1. The number of esters is 1. The molecule has 1 aromatic heterocycles. The minimum atomic E-state index is -1.34. The number of hydrogen-bond donors (Lipinski definition) is 2. The van der Waals surface area contributed by atoms with Gasteiger partial charge < -0.3 is 19.5 Å². The first-order valence-corrected chi connectivity index (χ1v) is 5.67. The number of aliphatic hydroxyl groups is 1. The zero-order valence-electron chi connectivity index (χ0n) is 10.3. The van der Waals surface area contributed by atoms with Crippen molar-refractivity contribution in [2.75, 3.05) is 6.61 Å². The van der Waals surface area contributed by atoms with Crippen molar-refractivity contribution in [2.45, 2.75) is 13.0 Å². The largest absolute Gasteiger partial charge is 0.506 e. The van der Waals surface area contributed by atoms with Gasteiger partial charge >= 0.3 is 5.97 Å². The SMILES string of the molecule is CCOC(=O)C(O)c1cn(C)c2c(O)cccc12. The van der Waals surface area contributed by atoms with Crippen molar-refractivity contribution in [3.8, 4) is 5.75 Å². The highest BCUT2D eigenvalue weighted by atomic mass is 16.5. The maximum absolute atomic E-state index is 11.5. The summed E-state index contributed by atoms with van der Waals surface area (Å²) in [7, 11) is 1.74. The van der Waals surface area contributed by atoms with Gasteiger partial charge in [-0.25, -0.2) is 4.79 Å². The van der Waals surface area contributed by atoms with Crippen molar-refractivity contribution in [3.63, 3.8) is 0 Å². The second-order valence-corrected chi connectivity index (χ2v) is 4.02. The number of aromatic hydroxyl groups is 1. The Morgan fingerprint density at radius 2 is 2.22 bits per heavy atom. The fourth-order valence-electron chi connectivity index (χ4n) is 2.04. The van der Waals surface area contributed by atoms with Gasteiger partial charge in [0.2, 0.25) is 0 Å². The molecule has 0 saturated carbocycles. The summed E-state index contributed by atoms with van der Waals surface area (Å²) in [4.78, 5) is 11.5. The number of aryl methyl sites for hydroxylation is 1. The number of carbonyl (C=O) groups is 1. The molecule has 0 bridgehead atoms. The number of para-hydroxylation sites is 1. The molecule has 96 valence electrons. The number of aromatic nitrogens is 1. The molecule has 0 radical (unpaired) electrons. The van der Waals surface area contributed by atoms with Gasteiger partial charge in [-0.1, -0.05) is 12.1 Å². The average molecular weight is 249 g/mol. The third kappa shape index (κ3) is 1.93. The van der Waals surface area contributed by atoms with Crippen LogP contribution in [0.1, 0.15) is 18.6 Å². The molecule has 0 fully saturated rings. The minimum absolute atomic E-state index is 0.109. The summed E-state index contributed by atoms with van der Waals surface area (Å²) in [6.45, 7) is 1.89. The molecule has 5 heteroatoms. The van der Waals surface area contributed by atoms with Crippen LogP contribution in [0.3, 0.4) is 0 Å². The van der Waals surface area contributed by atoms with Gasteiger partial charge in [-0.2, -0.15) is 0 Å². The number of fused-ring (bicyclic) bond motifs is 1. The first kappa shape index (κ1) is 12.4. The van der Waals surface area contributed by atoms with E-state index < -0.39 is 12.1 Å². The Bertz CT molecular complexity index is 588. The molecule has 0 aliphatic heterocycles. The molecule has 0 spiro atoms. The Labute approximate surface area is 104 Å². The number of rotatable bonds is 3. The molecule has 0 aliphatic rings. The van der Waals surface area contributed by atoms with Gasteiger partial charge in [0.05, 0.1) is 12.1 Å². The average Bonchev–Trinajstić information content (AvgIpc) is 2.67. The molecule has 0 aliphatic carbocycles. The van der Waals surface area contributed by atoms with Gasteiger partial charge in [-0.05, 0) is 13.0 Å². The summed E-state index contributed by atoms with van der Waals surface area (Å²) < 4.78 is 6.45. The van der Waals surface area contributed by atoms with E-state index in [0.717, 1.165) is 0 Å². The summed E-state index contributed by atoms with van der Waals surface area (Å²) in [6, 6.07) is 4.97. The van der Waals surface area contributed by atoms with Gasteiger partial charge in [0, 0.05) is 24.2 Å². The molecule has 1 heterocycles. The Morgan fingerprint density at radius 1 is 1.50 bits per heavy atom. The van der Waals surface area contributed by atoms with E-state index in [1.165, 1.54) is 0 Å². The van der Waals surface area contributed by atoms with E-state index >= 15 is 0 Å². The van der Waals surface area contributed by atoms with Crippen molar-refractivity contribution in [2.24, 2.45) is 7.05 Å². The fourth-order valence-corrected chi connectivity index (χ4v) is 2.04. The number of benzene rings is 1. The molecule has 1 unspecified atom stereocenters. The Balaban J connectivity index is 2.52. The predicted octanol–water partition coefficient (Wildman–Crippen LogP) is 1.48. The van der Waals surface area contributed by atoms with Crippen LogP contribution >= 0.6 is 0 Å². The first-order valence-electron chi connectivity index (χ1n) is 5.67. The Kier molecular flexibility index (Phi) is 3.25. The second kappa shape index (κ2) is 4.70. The van der Waals surface area contributed by atoms with E-state index in [-0.39, 0.29) is 12.4 Å². The molecule has 2 aromatic rings. The lowest BCUT2D eigenvalue weighted by molar-refractivity contribution is -0.153. The van der Waals surface area contributed by atoms with Crippen LogP contribution in [0.15, 0.2) is 24.4 Å². The number of aliphatic hydroxyl groups excluding tert-OH is 1. The van der Waals surface area contributed by atoms with E-state index in [2.05, 4.69) is 0 Å². The van der Waals surface area contributed by atoms with Gasteiger partial charge in [0.1, 0.15) is 5.75 Å². The number of ether oxygens (including phenoxy) is 1. The van der Waals surface area contributed by atoms with Crippen LogP contribution in [0, 0.1) is 0 Å². The van der Waals surface area contributed by atoms with Gasteiger partial charge in [0.15, 0.2) is 6.10 Å². The van der Waals surface area contributed by atoms with Crippen LogP contribution in [0.25, 0.3) is 10.9 Å². The molecule has 2 N–H and O–H groups in total. The summed E-state index contributed by atoms with van der Waals surface area (Å²) in [5.74, 6) is -0.578. The van der Waals surface area contributed by atoms with Crippen molar-refractivity contribution < 1.29 is 19.7 Å². The molecule has 5 nitrogen and oxygen atoms in total. The number of nitrogens with zero attached hydrogens (tertiary/aromatic N) is 1. The summed E-state index contributed by atoms with van der Waals surface area (Å²) in [5, 5.41) is 20.4. The molecule has 2 rings (SSSR count). The minimum Gasteiger partial charge on any atom is -0.506 e. The summed E-state index contributed by atoms with van der Waals surface area (Å²) in [6.07, 6.45) is 0.279.